The number of fused-ring (bicyclic) bond motifs is 1. The Bertz CT molecular complexity index is 1090. The van der Waals surface area contributed by atoms with Crippen LogP contribution in [-0.4, -0.2) is 36.3 Å². The molecule has 1 fully saturated rings. The molecule has 1 unspecified atom stereocenters. The van der Waals surface area contributed by atoms with E-state index in [-0.39, 0.29) is 11.5 Å². The number of aromatic nitrogens is 1. The second-order valence-electron chi connectivity index (χ2n) is 7.12. The first kappa shape index (κ1) is 20.0. The second-order valence-corrected chi connectivity index (χ2v) is 10.1. The third-order valence-corrected chi connectivity index (χ3v) is 7.96. The fraction of sp³-hybridized carbons (Fsp3) is 0.333. The third-order valence-electron chi connectivity index (χ3n) is 5.03. The molecule has 1 aromatic heterocycles. The molecule has 0 spiro atoms. The van der Waals surface area contributed by atoms with Crippen LogP contribution < -0.4 is 0 Å². The summed E-state index contributed by atoms with van der Waals surface area (Å²) in [6.45, 7) is 2.27. The van der Waals surface area contributed by atoms with Gasteiger partial charge in [0.1, 0.15) is 17.7 Å². The number of rotatable bonds is 5. The van der Waals surface area contributed by atoms with Gasteiger partial charge in [-0.2, -0.15) is 4.31 Å². The van der Waals surface area contributed by atoms with Gasteiger partial charge in [0.15, 0.2) is 0 Å². The lowest BCUT2D eigenvalue weighted by Gasteiger charge is -2.33. The summed E-state index contributed by atoms with van der Waals surface area (Å²) in [4.78, 5) is 17.4. The Labute approximate surface area is 174 Å². The van der Waals surface area contributed by atoms with Gasteiger partial charge in [0, 0.05) is 6.54 Å². The Morgan fingerprint density at radius 3 is 2.69 bits per heavy atom. The summed E-state index contributed by atoms with van der Waals surface area (Å²) in [5.41, 5.74) is 1.85. The van der Waals surface area contributed by atoms with Crippen molar-refractivity contribution < 1.29 is 17.9 Å². The smallest absolute Gasteiger partial charge is 0.324 e. The van der Waals surface area contributed by atoms with Crippen LogP contribution in [0.15, 0.2) is 53.4 Å². The van der Waals surface area contributed by atoms with E-state index in [1.807, 2.05) is 31.2 Å². The van der Waals surface area contributed by atoms with Crippen LogP contribution in [0.3, 0.4) is 0 Å². The Hall–Kier alpha value is -2.29. The minimum Gasteiger partial charge on any atom is -0.457 e. The number of para-hydroxylation sites is 1. The molecule has 1 aliphatic heterocycles. The van der Waals surface area contributed by atoms with Crippen molar-refractivity contribution in [1.29, 1.82) is 0 Å². The molecule has 0 amide bonds. The molecule has 2 heterocycles. The second kappa shape index (κ2) is 8.22. The predicted molar refractivity (Wildman–Crippen MR) is 112 cm³/mol. The number of carbonyl (C=O) groups is 1. The van der Waals surface area contributed by atoms with Crippen LogP contribution in [0.1, 0.15) is 29.8 Å². The number of sulfonamides is 1. The maximum atomic E-state index is 13.1. The van der Waals surface area contributed by atoms with Crippen molar-refractivity contribution >= 4 is 37.5 Å². The van der Waals surface area contributed by atoms with Gasteiger partial charge in [-0.05, 0) is 50.5 Å². The summed E-state index contributed by atoms with van der Waals surface area (Å²) in [5, 5.41) is 0.698. The van der Waals surface area contributed by atoms with E-state index in [1.165, 1.54) is 15.6 Å². The minimum absolute atomic E-state index is 0.0487. The number of aryl methyl sites for hydroxylation is 1. The van der Waals surface area contributed by atoms with E-state index in [0.29, 0.717) is 18.0 Å². The molecule has 8 heteroatoms. The molecule has 0 N–H and O–H groups in total. The summed E-state index contributed by atoms with van der Waals surface area (Å²) in [7, 11) is -3.76. The summed E-state index contributed by atoms with van der Waals surface area (Å²) in [6.07, 6.45) is 1.98. The normalized spacial score (nSPS) is 18.0. The van der Waals surface area contributed by atoms with Gasteiger partial charge < -0.3 is 4.74 Å². The highest BCUT2D eigenvalue weighted by molar-refractivity contribution is 7.89. The van der Waals surface area contributed by atoms with Crippen molar-refractivity contribution in [2.75, 3.05) is 6.54 Å². The Morgan fingerprint density at radius 1 is 1.17 bits per heavy atom. The van der Waals surface area contributed by atoms with Crippen LogP contribution in [0, 0.1) is 6.92 Å². The van der Waals surface area contributed by atoms with Crippen LogP contribution in [0.2, 0.25) is 0 Å². The maximum absolute atomic E-state index is 13.1. The van der Waals surface area contributed by atoms with Crippen LogP contribution in [0.4, 0.5) is 0 Å². The molecule has 0 saturated carbocycles. The number of nitrogens with zero attached hydrogens (tertiary/aromatic N) is 2. The molecule has 4 rings (SSSR count). The molecule has 29 heavy (non-hydrogen) atoms. The lowest BCUT2D eigenvalue weighted by molar-refractivity contribution is -0.150. The molecule has 0 aliphatic carbocycles. The molecule has 6 nitrogen and oxygen atoms in total. The molecular weight excluding hydrogens is 408 g/mol. The largest absolute Gasteiger partial charge is 0.457 e. The summed E-state index contributed by atoms with van der Waals surface area (Å²) < 4.78 is 34.0. The zero-order valence-electron chi connectivity index (χ0n) is 16.1. The lowest BCUT2D eigenvalue weighted by atomic mass is 10.1. The van der Waals surface area contributed by atoms with Crippen molar-refractivity contribution in [3.8, 4) is 0 Å². The number of piperidine rings is 1. The van der Waals surface area contributed by atoms with Crippen molar-refractivity contribution in [3.63, 3.8) is 0 Å². The van der Waals surface area contributed by atoms with Gasteiger partial charge in [-0.3, -0.25) is 4.79 Å². The molecule has 3 aromatic rings. The monoisotopic (exact) mass is 430 g/mol. The first-order chi connectivity index (χ1) is 13.9. The Balaban J connectivity index is 1.50. The number of esters is 1. The highest BCUT2D eigenvalue weighted by atomic mass is 32.2. The molecular formula is C21H22N2O4S2. The van der Waals surface area contributed by atoms with Gasteiger partial charge >= 0.3 is 5.97 Å². The van der Waals surface area contributed by atoms with Gasteiger partial charge in [0.05, 0.1) is 15.1 Å². The van der Waals surface area contributed by atoms with Gasteiger partial charge in [-0.25, -0.2) is 13.4 Å². The Kier molecular flexibility index (Phi) is 5.67. The van der Waals surface area contributed by atoms with E-state index in [0.717, 1.165) is 28.6 Å². The molecule has 152 valence electrons. The maximum Gasteiger partial charge on any atom is 0.324 e. The quantitative estimate of drug-likeness (QED) is 0.574. The zero-order valence-corrected chi connectivity index (χ0v) is 17.7. The lowest BCUT2D eigenvalue weighted by Crippen LogP contribution is -2.48. The van der Waals surface area contributed by atoms with Crippen molar-refractivity contribution in [1.82, 2.24) is 9.29 Å². The van der Waals surface area contributed by atoms with Crippen LogP contribution in [0.25, 0.3) is 10.2 Å². The van der Waals surface area contributed by atoms with Gasteiger partial charge in [-0.1, -0.05) is 29.8 Å². The molecule has 0 radical (unpaired) electrons. The number of ether oxygens (including phenoxy) is 1. The van der Waals surface area contributed by atoms with Crippen LogP contribution >= 0.6 is 11.3 Å². The number of hydrogen-bond donors (Lipinski definition) is 0. The SMILES string of the molecule is Cc1ccc(S(=O)(=O)N2CCCCC2C(=O)OCc2nc3ccccc3s2)cc1. The van der Waals surface area contributed by atoms with E-state index < -0.39 is 22.0 Å². The topological polar surface area (TPSA) is 76.6 Å². The van der Waals surface area contributed by atoms with Gasteiger partial charge in [0.25, 0.3) is 0 Å². The molecule has 1 atom stereocenters. The van der Waals surface area contributed by atoms with Crippen LogP contribution in [0.5, 0.6) is 0 Å². The average Bonchev–Trinajstić information content (AvgIpc) is 3.15. The number of hydrogen-bond acceptors (Lipinski definition) is 6. The van der Waals surface area contributed by atoms with Gasteiger partial charge in [0.2, 0.25) is 10.0 Å². The highest BCUT2D eigenvalue weighted by Gasteiger charge is 2.38. The molecule has 2 aromatic carbocycles. The standard InChI is InChI=1S/C21H22N2O4S2/c1-15-9-11-16(12-10-15)29(25,26)23-13-5-4-7-18(23)21(24)27-14-20-22-17-6-2-3-8-19(17)28-20/h2-3,6,8-12,18H,4-5,7,13-14H2,1H3. The minimum atomic E-state index is -3.76. The fourth-order valence-corrected chi connectivity index (χ4v) is 6.01. The predicted octanol–water partition coefficient (Wildman–Crippen LogP) is 3.89. The molecule has 0 bridgehead atoms. The average molecular weight is 431 g/mol. The van der Waals surface area contributed by atoms with E-state index in [1.54, 1.807) is 24.3 Å². The van der Waals surface area contributed by atoms with E-state index in [2.05, 4.69) is 4.98 Å². The highest BCUT2D eigenvalue weighted by Crippen LogP contribution is 2.27. The molecule has 1 saturated heterocycles. The van der Waals surface area contributed by atoms with Crippen molar-refractivity contribution in [2.24, 2.45) is 0 Å². The van der Waals surface area contributed by atoms with E-state index >= 15 is 0 Å². The fourth-order valence-electron chi connectivity index (χ4n) is 3.48. The first-order valence-corrected chi connectivity index (χ1v) is 11.8. The van der Waals surface area contributed by atoms with E-state index in [9.17, 15) is 13.2 Å². The molecule has 1 aliphatic rings. The Morgan fingerprint density at radius 2 is 1.93 bits per heavy atom. The number of thiazole rings is 1. The summed E-state index contributed by atoms with van der Waals surface area (Å²) in [6, 6.07) is 13.6. The van der Waals surface area contributed by atoms with Crippen LogP contribution in [-0.2, 0) is 26.2 Å². The van der Waals surface area contributed by atoms with Crippen molar-refractivity contribution in [3.05, 3.63) is 59.1 Å². The zero-order chi connectivity index (χ0) is 20.4. The summed E-state index contributed by atoms with van der Waals surface area (Å²) >= 11 is 1.47. The van der Waals surface area contributed by atoms with Crippen molar-refractivity contribution in [2.45, 2.75) is 43.7 Å². The number of carbonyl (C=O) groups excluding carboxylic acids is 1. The van der Waals surface area contributed by atoms with Gasteiger partial charge in [-0.15, -0.1) is 11.3 Å². The summed E-state index contributed by atoms with van der Waals surface area (Å²) in [5.74, 6) is -0.514. The van der Waals surface area contributed by atoms with E-state index in [4.69, 9.17) is 4.74 Å². The first-order valence-electron chi connectivity index (χ1n) is 9.55. The number of benzene rings is 2. The third kappa shape index (κ3) is 4.19.